The lowest BCUT2D eigenvalue weighted by Crippen LogP contribution is -2.41. The van der Waals surface area contributed by atoms with Gasteiger partial charge in [0, 0.05) is 22.8 Å². The fourth-order valence-electron chi connectivity index (χ4n) is 3.12. The third-order valence-corrected chi connectivity index (χ3v) is 5.43. The number of nitrogens with zero attached hydrogens (tertiary/aromatic N) is 2. The lowest BCUT2D eigenvalue weighted by atomic mass is 10.2. The topological polar surface area (TPSA) is 3.24 Å². The molecule has 2 aromatic rings. The van der Waals surface area contributed by atoms with Gasteiger partial charge < -0.3 is 9.38 Å². The Kier molecular flexibility index (Phi) is 4.79. The zero-order valence-electron chi connectivity index (χ0n) is 14.0. The molecule has 1 heterocycles. The van der Waals surface area contributed by atoms with Gasteiger partial charge in [0.2, 0.25) is 0 Å². The first-order valence-electron chi connectivity index (χ1n) is 8.17. The van der Waals surface area contributed by atoms with Crippen LogP contribution in [0.4, 0.5) is 11.4 Å². The second kappa shape index (κ2) is 6.81. The molecule has 3 heteroatoms. The van der Waals surface area contributed by atoms with Crippen LogP contribution in [0.15, 0.2) is 71.0 Å². The fourth-order valence-corrected chi connectivity index (χ4v) is 4.22. The molecular formula is C20H25N2S+. The molecule has 0 aromatic heterocycles. The van der Waals surface area contributed by atoms with E-state index in [1.165, 1.54) is 21.2 Å². The smallest absolute Gasteiger partial charge is 0.0966 e. The van der Waals surface area contributed by atoms with Crippen molar-refractivity contribution in [2.75, 3.05) is 38.6 Å². The summed E-state index contributed by atoms with van der Waals surface area (Å²) in [6.07, 6.45) is 3.18. The second-order valence-electron chi connectivity index (χ2n) is 6.67. The average molecular weight is 326 g/mol. The van der Waals surface area contributed by atoms with Crippen LogP contribution in [0.25, 0.3) is 0 Å². The van der Waals surface area contributed by atoms with E-state index >= 15 is 0 Å². The Bertz CT molecular complexity index is 648. The molecule has 0 fully saturated rings. The number of benzene rings is 2. The van der Waals surface area contributed by atoms with Crippen molar-refractivity contribution in [2.45, 2.75) is 16.2 Å². The first kappa shape index (κ1) is 16.2. The molecule has 2 nitrogen and oxygen atoms in total. The first-order chi connectivity index (χ1) is 11.1. The van der Waals surface area contributed by atoms with Gasteiger partial charge in [-0.05, 0) is 30.3 Å². The minimum Gasteiger partial charge on any atom is -0.339 e. The zero-order valence-corrected chi connectivity index (χ0v) is 14.9. The van der Waals surface area contributed by atoms with E-state index in [-0.39, 0.29) is 0 Å². The summed E-state index contributed by atoms with van der Waals surface area (Å²) in [7, 11) is 4.55. The third-order valence-electron chi connectivity index (χ3n) is 4.30. The van der Waals surface area contributed by atoms with Crippen molar-refractivity contribution in [2.24, 2.45) is 0 Å². The summed E-state index contributed by atoms with van der Waals surface area (Å²) in [6, 6.07) is 17.4. The van der Waals surface area contributed by atoms with Crippen molar-refractivity contribution >= 4 is 23.1 Å². The molecule has 0 amide bonds. The summed E-state index contributed by atoms with van der Waals surface area (Å²) in [5.74, 6) is 0. The molecular weight excluding hydrogens is 300 g/mol. The van der Waals surface area contributed by atoms with Crippen LogP contribution in [0.3, 0.4) is 0 Å². The number of fused-ring (bicyclic) bond motifs is 2. The van der Waals surface area contributed by atoms with Crippen molar-refractivity contribution in [3.05, 3.63) is 61.2 Å². The van der Waals surface area contributed by atoms with Crippen molar-refractivity contribution in [1.82, 2.24) is 0 Å². The predicted octanol–water partition coefficient (Wildman–Crippen LogP) is 4.94. The van der Waals surface area contributed by atoms with Gasteiger partial charge in [0.1, 0.15) is 0 Å². The molecule has 0 N–H and O–H groups in total. The van der Waals surface area contributed by atoms with Crippen LogP contribution in [0.1, 0.15) is 6.42 Å². The van der Waals surface area contributed by atoms with E-state index in [0.29, 0.717) is 0 Å². The minimum atomic E-state index is 0.995. The number of quaternary nitrogens is 1. The SMILES string of the molecule is C=CC[N+](C)(C)CCCN1c2ccccc2Sc2ccccc21. The van der Waals surface area contributed by atoms with Gasteiger partial charge in [0.05, 0.1) is 38.6 Å². The Morgan fingerprint density at radius 2 is 1.57 bits per heavy atom. The van der Waals surface area contributed by atoms with E-state index in [9.17, 15) is 0 Å². The summed E-state index contributed by atoms with van der Waals surface area (Å²) in [5.41, 5.74) is 2.68. The lowest BCUT2D eigenvalue weighted by Gasteiger charge is -2.34. The molecule has 1 aliphatic rings. The fraction of sp³-hybridized carbons (Fsp3) is 0.300. The van der Waals surface area contributed by atoms with E-state index < -0.39 is 0 Å². The first-order valence-corrected chi connectivity index (χ1v) is 8.99. The molecule has 0 saturated carbocycles. The number of para-hydroxylation sites is 2. The summed E-state index contributed by atoms with van der Waals surface area (Å²) >= 11 is 1.87. The van der Waals surface area contributed by atoms with Gasteiger partial charge in [-0.2, -0.15) is 0 Å². The normalized spacial score (nSPS) is 13.4. The van der Waals surface area contributed by atoms with E-state index in [0.717, 1.165) is 30.5 Å². The summed E-state index contributed by atoms with van der Waals surface area (Å²) < 4.78 is 0.995. The van der Waals surface area contributed by atoms with Gasteiger partial charge in [-0.15, -0.1) is 0 Å². The summed E-state index contributed by atoms with van der Waals surface area (Å²) in [5, 5.41) is 0. The quantitative estimate of drug-likeness (QED) is 0.546. The Labute approximate surface area is 144 Å². The molecule has 0 bridgehead atoms. The van der Waals surface area contributed by atoms with E-state index in [1.54, 1.807) is 0 Å². The standard InChI is InChI=1S/C20H25N2S/c1-4-15-22(2,3)16-9-14-21-17-10-5-7-12-19(17)23-20-13-8-6-11-18(20)21/h4-8,10-13H,1,9,14-16H2,2-3H3/q+1. The van der Waals surface area contributed by atoms with Crippen LogP contribution in [-0.4, -0.2) is 38.2 Å². The van der Waals surface area contributed by atoms with Crippen LogP contribution < -0.4 is 4.90 Å². The molecule has 120 valence electrons. The van der Waals surface area contributed by atoms with Gasteiger partial charge in [-0.1, -0.05) is 42.6 Å². The van der Waals surface area contributed by atoms with Crippen LogP contribution in [0.5, 0.6) is 0 Å². The highest BCUT2D eigenvalue weighted by Crippen LogP contribution is 2.47. The number of hydrogen-bond acceptors (Lipinski definition) is 2. The molecule has 1 aliphatic heterocycles. The average Bonchev–Trinajstić information content (AvgIpc) is 2.54. The van der Waals surface area contributed by atoms with Crippen LogP contribution >= 0.6 is 11.8 Å². The van der Waals surface area contributed by atoms with Crippen LogP contribution in [-0.2, 0) is 0 Å². The molecule has 23 heavy (non-hydrogen) atoms. The number of rotatable bonds is 6. The minimum absolute atomic E-state index is 0.995. The maximum absolute atomic E-state index is 3.87. The Morgan fingerprint density at radius 3 is 2.13 bits per heavy atom. The molecule has 3 rings (SSSR count). The molecule has 0 saturated heterocycles. The zero-order chi connectivity index (χ0) is 16.3. The van der Waals surface area contributed by atoms with E-state index in [2.05, 4.69) is 74.1 Å². The maximum atomic E-state index is 3.87. The highest BCUT2D eigenvalue weighted by molar-refractivity contribution is 7.99. The Morgan fingerprint density at radius 1 is 1.00 bits per heavy atom. The predicted molar refractivity (Wildman–Crippen MR) is 101 cm³/mol. The third kappa shape index (κ3) is 3.62. The molecule has 0 atom stereocenters. The molecule has 0 spiro atoms. The van der Waals surface area contributed by atoms with Crippen molar-refractivity contribution in [3.8, 4) is 0 Å². The van der Waals surface area contributed by atoms with Gasteiger partial charge in [-0.3, -0.25) is 0 Å². The van der Waals surface area contributed by atoms with Gasteiger partial charge >= 0.3 is 0 Å². The highest BCUT2D eigenvalue weighted by Gasteiger charge is 2.23. The van der Waals surface area contributed by atoms with Gasteiger partial charge in [0.25, 0.3) is 0 Å². The van der Waals surface area contributed by atoms with Crippen molar-refractivity contribution in [1.29, 1.82) is 0 Å². The van der Waals surface area contributed by atoms with Crippen LogP contribution in [0, 0.1) is 0 Å². The summed E-state index contributed by atoms with van der Waals surface area (Å²) in [4.78, 5) is 5.19. The van der Waals surface area contributed by atoms with Crippen LogP contribution in [0.2, 0.25) is 0 Å². The number of hydrogen-bond donors (Lipinski definition) is 0. The second-order valence-corrected chi connectivity index (χ2v) is 7.76. The monoisotopic (exact) mass is 325 g/mol. The van der Waals surface area contributed by atoms with E-state index in [1.807, 2.05) is 17.8 Å². The largest absolute Gasteiger partial charge is 0.339 e. The Hall–Kier alpha value is -1.71. The number of anilines is 2. The van der Waals surface area contributed by atoms with Gasteiger partial charge in [-0.25, -0.2) is 0 Å². The highest BCUT2D eigenvalue weighted by atomic mass is 32.2. The van der Waals surface area contributed by atoms with E-state index in [4.69, 9.17) is 0 Å². The van der Waals surface area contributed by atoms with Crippen molar-refractivity contribution < 1.29 is 4.48 Å². The lowest BCUT2D eigenvalue weighted by molar-refractivity contribution is -0.884. The number of likely N-dealkylation sites (N-methyl/N-ethyl adjacent to an activating group) is 1. The maximum Gasteiger partial charge on any atom is 0.0966 e. The molecule has 0 aliphatic carbocycles. The molecule has 2 aromatic carbocycles. The molecule has 0 radical (unpaired) electrons. The summed E-state index contributed by atoms with van der Waals surface area (Å²) in [6.45, 7) is 7.09. The molecule has 0 unspecified atom stereocenters. The van der Waals surface area contributed by atoms with Gasteiger partial charge in [0.15, 0.2) is 0 Å². The van der Waals surface area contributed by atoms with Crippen molar-refractivity contribution in [3.63, 3.8) is 0 Å². The Balaban J connectivity index is 1.80.